The number of aromatic nitrogens is 2. The van der Waals surface area contributed by atoms with E-state index in [2.05, 4.69) is 29.0 Å². The molecular weight excluding hydrogens is 420 g/mol. The summed E-state index contributed by atoms with van der Waals surface area (Å²) in [6, 6.07) is 6.58. The van der Waals surface area contributed by atoms with Gasteiger partial charge in [0.05, 0.1) is 31.5 Å². The molecule has 178 valence electrons. The number of rotatable bonds is 8. The SMILES string of the molecule is COc1cc(-c2coc(NC(C)C)n2)nc2c(C)c(OCCN3CCOCC3(C)C)ccc12. The van der Waals surface area contributed by atoms with Gasteiger partial charge in [-0.2, -0.15) is 4.98 Å². The van der Waals surface area contributed by atoms with E-state index in [9.17, 15) is 0 Å². The fourth-order valence-corrected chi connectivity index (χ4v) is 4.11. The smallest absolute Gasteiger partial charge is 0.295 e. The van der Waals surface area contributed by atoms with E-state index in [1.54, 1.807) is 13.4 Å². The summed E-state index contributed by atoms with van der Waals surface area (Å²) in [5, 5.41) is 4.10. The summed E-state index contributed by atoms with van der Waals surface area (Å²) in [5.41, 5.74) is 3.16. The van der Waals surface area contributed by atoms with Gasteiger partial charge in [-0.1, -0.05) is 0 Å². The average Bonchev–Trinajstić information content (AvgIpc) is 3.23. The number of morpholine rings is 1. The van der Waals surface area contributed by atoms with Crippen LogP contribution in [-0.4, -0.2) is 66.5 Å². The van der Waals surface area contributed by atoms with Gasteiger partial charge >= 0.3 is 0 Å². The van der Waals surface area contributed by atoms with Gasteiger partial charge in [0.15, 0.2) is 0 Å². The van der Waals surface area contributed by atoms with Crippen LogP contribution in [0.25, 0.3) is 22.3 Å². The van der Waals surface area contributed by atoms with E-state index in [1.807, 2.05) is 39.0 Å². The summed E-state index contributed by atoms with van der Waals surface area (Å²) in [7, 11) is 1.66. The molecule has 0 saturated carbocycles. The fraction of sp³-hybridized carbons (Fsp3) is 0.520. The summed E-state index contributed by atoms with van der Waals surface area (Å²) in [6.45, 7) is 14.4. The zero-order valence-corrected chi connectivity index (χ0v) is 20.4. The molecule has 8 heteroatoms. The highest BCUT2D eigenvalue weighted by Gasteiger charge is 2.30. The van der Waals surface area contributed by atoms with Crippen molar-refractivity contribution in [3.8, 4) is 22.9 Å². The Balaban J connectivity index is 1.58. The maximum absolute atomic E-state index is 6.20. The molecule has 4 rings (SSSR count). The first kappa shape index (κ1) is 23.3. The molecule has 1 N–H and O–H groups in total. The van der Waals surface area contributed by atoms with Crippen LogP contribution in [0.15, 0.2) is 28.9 Å². The molecule has 3 heterocycles. The quantitative estimate of drug-likeness (QED) is 0.532. The van der Waals surface area contributed by atoms with E-state index in [0.717, 1.165) is 54.3 Å². The fourth-order valence-electron chi connectivity index (χ4n) is 4.11. The second-order valence-electron chi connectivity index (χ2n) is 9.33. The maximum Gasteiger partial charge on any atom is 0.295 e. The summed E-state index contributed by atoms with van der Waals surface area (Å²) in [4.78, 5) is 11.8. The van der Waals surface area contributed by atoms with Crippen LogP contribution in [0.3, 0.4) is 0 Å². The molecule has 33 heavy (non-hydrogen) atoms. The van der Waals surface area contributed by atoms with Gasteiger partial charge in [0, 0.05) is 41.7 Å². The maximum atomic E-state index is 6.20. The van der Waals surface area contributed by atoms with Crippen LogP contribution in [-0.2, 0) is 4.74 Å². The molecule has 2 aromatic heterocycles. The van der Waals surface area contributed by atoms with Crippen LogP contribution in [0.4, 0.5) is 6.01 Å². The van der Waals surface area contributed by atoms with Gasteiger partial charge in [0.1, 0.15) is 30.1 Å². The Morgan fingerprint density at radius 3 is 2.73 bits per heavy atom. The number of fused-ring (bicyclic) bond motifs is 1. The molecular formula is C25H34N4O4. The average molecular weight is 455 g/mol. The van der Waals surface area contributed by atoms with E-state index >= 15 is 0 Å². The second-order valence-corrected chi connectivity index (χ2v) is 9.33. The Morgan fingerprint density at radius 1 is 1.18 bits per heavy atom. The number of anilines is 1. The Hall–Kier alpha value is -2.84. The normalized spacial score (nSPS) is 16.3. The van der Waals surface area contributed by atoms with E-state index < -0.39 is 0 Å². The number of ether oxygens (including phenoxy) is 3. The highest BCUT2D eigenvalue weighted by molar-refractivity contribution is 5.91. The van der Waals surface area contributed by atoms with Gasteiger partial charge < -0.3 is 23.9 Å². The van der Waals surface area contributed by atoms with Gasteiger partial charge in [0.25, 0.3) is 6.01 Å². The van der Waals surface area contributed by atoms with Crippen LogP contribution in [0.5, 0.6) is 11.5 Å². The first-order valence-corrected chi connectivity index (χ1v) is 11.4. The molecule has 1 aliphatic heterocycles. The van der Waals surface area contributed by atoms with Crippen LogP contribution >= 0.6 is 0 Å². The van der Waals surface area contributed by atoms with Crippen molar-refractivity contribution in [2.75, 3.05) is 45.3 Å². The van der Waals surface area contributed by atoms with Crippen LogP contribution < -0.4 is 14.8 Å². The molecule has 3 aromatic rings. The zero-order chi connectivity index (χ0) is 23.6. The van der Waals surface area contributed by atoms with Crippen molar-refractivity contribution in [1.29, 1.82) is 0 Å². The van der Waals surface area contributed by atoms with Crippen molar-refractivity contribution in [1.82, 2.24) is 14.9 Å². The molecule has 0 aliphatic carbocycles. The number of pyridine rings is 1. The van der Waals surface area contributed by atoms with Gasteiger partial charge in [0.2, 0.25) is 0 Å². The van der Waals surface area contributed by atoms with E-state index in [0.29, 0.717) is 24.0 Å². The van der Waals surface area contributed by atoms with Crippen molar-refractivity contribution < 1.29 is 18.6 Å². The van der Waals surface area contributed by atoms with Gasteiger partial charge in [-0.15, -0.1) is 0 Å². The number of nitrogens with one attached hydrogen (secondary N) is 1. The molecule has 1 saturated heterocycles. The van der Waals surface area contributed by atoms with Crippen molar-refractivity contribution in [2.24, 2.45) is 0 Å². The van der Waals surface area contributed by atoms with Crippen molar-refractivity contribution in [3.63, 3.8) is 0 Å². The van der Waals surface area contributed by atoms with Crippen LogP contribution in [0, 0.1) is 6.92 Å². The lowest BCUT2D eigenvalue weighted by atomic mass is 10.0. The highest BCUT2D eigenvalue weighted by Crippen LogP contribution is 2.35. The third-order valence-corrected chi connectivity index (χ3v) is 5.98. The molecule has 1 aliphatic rings. The summed E-state index contributed by atoms with van der Waals surface area (Å²) in [5.74, 6) is 1.56. The summed E-state index contributed by atoms with van der Waals surface area (Å²) < 4.78 is 23.0. The van der Waals surface area contributed by atoms with Crippen molar-refractivity contribution >= 4 is 16.9 Å². The number of oxazole rings is 1. The number of benzene rings is 1. The van der Waals surface area contributed by atoms with E-state index in [-0.39, 0.29) is 11.6 Å². The number of methoxy groups -OCH3 is 1. The molecule has 1 aromatic carbocycles. The third-order valence-electron chi connectivity index (χ3n) is 5.98. The van der Waals surface area contributed by atoms with Crippen molar-refractivity contribution in [2.45, 2.75) is 46.2 Å². The lowest BCUT2D eigenvalue weighted by molar-refractivity contribution is -0.0547. The monoisotopic (exact) mass is 454 g/mol. The minimum absolute atomic E-state index is 0.0186. The summed E-state index contributed by atoms with van der Waals surface area (Å²) >= 11 is 0. The van der Waals surface area contributed by atoms with Gasteiger partial charge in [-0.05, 0) is 46.8 Å². The predicted molar refractivity (Wildman–Crippen MR) is 129 cm³/mol. The molecule has 1 fully saturated rings. The van der Waals surface area contributed by atoms with Gasteiger partial charge in [-0.3, -0.25) is 4.90 Å². The zero-order valence-electron chi connectivity index (χ0n) is 20.4. The number of hydrogen-bond acceptors (Lipinski definition) is 8. The molecule has 0 amide bonds. The minimum atomic E-state index is 0.0186. The molecule has 0 radical (unpaired) electrons. The second kappa shape index (κ2) is 9.57. The Morgan fingerprint density at radius 2 is 2.00 bits per heavy atom. The topological polar surface area (TPSA) is 81.9 Å². The lowest BCUT2D eigenvalue weighted by Crippen LogP contribution is -2.54. The van der Waals surface area contributed by atoms with Crippen LogP contribution in [0.1, 0.15) is 33.3 Å². The Labute approximate surface area is 195 Å². The summed E-state index contributed by atoms with van der Waals surface area (Å²) in [6.07, 6.45) is 1.61. The first-order valence-electron chi connectivity index (χ1n) is 11.4. The molecule has 0 atom stereocenters. The predicted octanol–water partition coefficient (Wildman–Crippen LogP) is 4.52. The Bertz CT molecular complexity index is 1110. The molecule has 0 spiro atoms. The standard InChI is InChI=1S/C25H34N4O4/c1-16(2)26-24-28-20(14-33-24)19-13-22(30-6)18-7-8-21(17(3)23(18)27-19)32-12-10-29-9-11-31-15-25(29,4)5/h7-8,13-14,16H,9-12,15H2,1-6H3,(H,26,28). The van der Waals surface area contributed by atoms with E-state index in [1.165, 1.54) is 0 Å². The lowest BCUT2D eigenvalue weighted by Gasteiger charge is -2.42. The van der Waals surface area contributed by atoms with Gasteiger partial charge in [-0.25, -0.2) is 4.98 Å². The van der Waals surface area contributed by atoms with E-state index in [4.69, 9.17) is 23.6 Å². The number of nitrogens with zero attached hydrogens (tertiary/aromatic N) is 3. The van der Waals surface area contributed by atoms with Crippen LogP contribution in [0.2, 0.25) is 0 Å². The minimum Gasteiger partial charge on any atom is -0.496 e. The highest BCUT2D eigenvalue weighted by atomic mass is 16.5. The third kappa shape index (κ3) is 5.07. The molecule has 0 unspecified atom stereocenters. The van der Waals surface area contributed by atoms with Crippen molar-refractivity contribution in [3.05, 3.63) is 30.0 Å². The number of aryl methyl sites for hydroxylation is 1. The molecule has 0 bridgehead atoms. The Kier molecular flexibility index (Phi) is 6.76. The largest absolute Gasteiger partial charge is 0.496 e. The first-order chi connectivity index (χ1) is 15.8. The number of hydrogen-bond donors (Lipinski definition) is 1. The molecule has 8 nitrogen and oxygen atoms in total.